The summed E-state index contributed by atoms with van der Waals surface area (Å²) in [4.78, 5) is 12.9. The molecule has 0 fully saturated rings. The van der Waals surface area contributed by atoms with Gasteiger partial charge in [0.25, 0.3) is 0 Å². The quantitative estimate of drug-likeness (QED) is 0.725. The first-order valence-electron chi connectivity index (χ1n) is 8.01. The molecule has 2 aliphatic rings. The number of carbonyl (C=O) groups is 1. The number of carbonyl (C=O) groups excluding carboxylic acids is 1. The van der Waals surface area contributed by atoms with E-state index in [0.717, 1.165) is 15.9 Å². The topological polar surface area (TPSA) is 55.1 Å². The number of nitrogens with one attached hydrogen (secondary N) is 1. The van der Waals surface area contributed by atoms with Gasteiger partial charge in [0.2, 0.25) is 5.91 Å². The zero-order chi connectivity index (χ0) is 17.1. The Morgan fingerprint density at radius 3 is 2.83 bits per heavy atom. The summed E-state index contributed by atoms with van der Waals surface area (Å²) in [7, 11) is 0. The molecule has 2 aliphatic heterocycles. The minimum Gasteiger partial charge on any atom is -0.378 e. The van der Waals surface area contributed by atoms with E-state index in [4.69, 9.17) is 5.73 Å². The van der Waals surface area contributed by atoms with E-state index in [-0.39, 0.29) is 17.4 Å². The monoisotopic (exact) mass is 402 g/mol. The number of hydrogen-bond acceptors (Lipinski definition) is 3. The normalized spacial score (nSPS) is 23.5. The molecule has 124 valence electrons. The van der Waals surface area contributed by atoms with E-state index in [1.54, 1.807) is 0 Å². The predicted molar refractivity (Wildman–Crippen MR) is 103 cm³/mol. The molecule has 0 saturated heterocycles. The van der Waals surface area contributed by atoms with Crippen molar-refractivity contribution in [2.45, 2.75) is 30.2 Å². The zero-order valence-electron chi connectivity index (χ0n) is 13.6. The van der Waals surface area contributed by atoms with Crippen LogP contribution in [0.15, 0.2) is 45.8 Å². The van der Waals surface area contributed by atoms with E-state index in [0.29, 0.717) is 11.5 Å². The van der Waals surface area contributed by atoms with Crippen LogP contribution in [0.3, 0.4) is 0 Å². The lowest BCUT2D eigenvalue weighted by Gasteiger charge is -2.49. The van der Waals surface area contributed by atoms with E-state index in [9.17, 15) is 4.79 Å². The third kappa shape index (κ3) is 2.37. The van der Waals surface area contributed by atoms with Crippen LogP contribution < -0.4 is 11.1 Å². The molecule has 3 N–H and O–H groups in total. The van der Waals surface area contributed by atoms with Gasteiger partial charge in [-0.1, -0.05) is 29.8 Å². The van der Waals surface area contributed by atoms with Crippen molar-refractivity contribution in [3.05, 3.63) is 57.6 Å². The summed E-state index contributed by atoms with van der Waals surface area (Å²) in [5.74, 6) is 1.13. The minimum atomic E-state index is -0.372. The number of amides is 1. The number of primary amides is 1. The largest absolute Gasteiger partial charge is 0.378 e. The molecule has 2 heterocycles. The maximum atomic E-state index is 11.6. The molecule has 2 aromatic rings. The van der Waals surface area contributed by atoms with Gasteiger partial charge < -0.3 is 11.1 Å². The number of thioether (sulfide) groups is 1. The molecule has 2 aromatic carbocycles. The molecular formula is C19H19BrN2OS. The lowest BCUT2D eigenvalue weighted by atomic mass is 9.66. The first-order valence-corrected chi connectivity index (χ1v) is 9.79. The molecule has 24 heavy (non-hydrogen) atoms. The summed E-state index contributed by atoms with van der Waals surface area (Å²) >= 11 is 5.52. The van der Waals surface area contributed by atoms with E-state index >= 15 is 0 Å². The molecule has 0 bridgehead atoms. The van der Waals surface area contributed by atoms with Crippen LogP contribution in [0.2, 0.25) is 0 Å². The van der Waals surface area contributed by atoms with Crippen molar-refractivity contribution in [2.75, 3.05) is 11.1 Å². The van der Waals surface area contributed by atoms with Crippen molar-refractivity contribution < 1.29 is 4.79 Å². The number of hydrogen-bond donors (Lipinski definition) is 2. The van der Waals surface area contributed by atoms with Gasteiger partial charge in [-0.15, -0.1) is 11.8 Å². The summed E-state index contributed by atoms with van der Waals surface area (Å²) in [5, 5.41) is 3.72. The lowest BCUT2D eigenvalue weighted by molar-refractivity contribution is 0.1000. The van der Waals surface area contributed by atoms with E-state index < -0.39 is 0 Å². The van der Waals surface area contributed by atoms with Crippen molar-refractivity contribution in [1.29, 1.82) is 0 Å². The summed E-state index contributed by atoms with van der Waals surface area (Å²) < 4.78 is 1.11. The average molecular weight is 403 g/mol. The Bertz CT molecular complexity index is 849. The average Bonchev–Trinajstić information content (AvgIpc) is 2.54. The molecule has 3 nitrogen and oxygen atoms in total. The summed E-state index contributed by atoms with van der Waals surface area (Å²) in [6.07, 6.45) is 0. The molecule has 0 aromatic heterocycles. The Labute approximate surface area is 154 Å². The van der Waals surface area contributed by atoms with Crippen LogP contribution in [-0.4, -0.2) is 11.7 Å². The van der Waals surface area contributed by atoms with Gasteiger partial charge in [-0.3, -0.25) is 4.79 Å². The molecular weight excluding hydrogens is 384 g/mol. The first-order chi connectivity index (χ1) is 11.4. The molecule has 0 radical (unpaired) electrons. The highest BCUT2D eigenvalue weighted by Crippen LogP contribution is 2.54. The third-order valence-electron chi connectivity index (χ3n) is 5.36. The minimum absolute atomic E-state index is 0.0380. The Hall–Kier alpha value is -1.46. The second kappa shape index (κ2) is 5.53. The van der Waals surface area contributed by atoms with E-state index in [2.05, 4.69) is 53.3 Å². The van der Waals surface area contributed by atoms with Gasteiger partial charge in [0.05, 0.1) is 6.04 Å². The van der Waals surface area contributed by atoms with Crippen LogP contribution in [0.5, 0.6) is 0 Å². The fraction of sp³-hybridized carbons (Fsp3) is 0.316. The molecule has 5 heteroatoms. The van der Waals surface area contributed by atoms with E-state index in [1.807, 2.05) is 30.0 Å². The maximum absolute atomic E-state index is 11.6. The van der Waals surface area contributed by atoms with Crippen LogP contribution in [-0.2, 0) is 5.41 Å². The zero-order valence-corrected chi connectivity index (χ0v) is 16.0. The Balaban J connectivity index is 1.86. The first kappa shape index (κ1) is 16.0. The highest BCUT2D eigenvalue weighted by atomic mass is 79.9. The second-order valence-corrected chi connectivity index (χ2v) is 9.05. The van der Waals surface area contributed by atoms with Crippen LogP contribution in [0, 0.1) is 5.92 Å². The molecule has 2 atom stereocenters. The van der Waals surface area contributed by atoms with Gasteiger partial charge in [-0.05, 0) is 52.9 Å². The van der Waals surface area contributed by atoms with Gasteiger partial charge in [0.15, 0.2) is 0 Å². The SMILES string of the molecule is CC1(C)c2cc(C(N)=O)ccc2NC2c3cc(Br)ccc3SCC21. The standard InChI is InChI=1S/C19H19BrN2OS/c1-19(2)13-7-10(18(21)23)3-5-15(13)22-17-12-8-11(20)4-6-16(12)24-9-14(17)19/h3-8,14,17,22H,9H2,1-2H3,(H2,21,23). The fourth-order valence-electron chi connectivity index (χ4n) is 3.91. The summed E-state index contributed by atoms with van der Waals surface area (Å²) in [6, 6.07) is 12.6. The number of fused-ring (bicyclic) bond motifs is 4. The molecule has 1 amide bonds. The number of rotatable bonds is 1. The van der Waals surface area contributed by atoms with Gasteiger partial charge in [-0.25, -0.2) is 0 Å². The fourth-order valence-corrected chi connectivity index (χ4v) is 5.78. The van der Waals surface area contributed by atoms with E-state index in [1.165, 1.54) is 16.0 Å². The van der Waals surface area contributed by atoms with Crippen molar-refractivity contribution in [3.63, 3.8) is 0 Å². The molecule has 0 aliphatic carbocycles. The number of nitrogens with two attached hydrogens (primary N) is 1. The number of benzene rings is 2. The molecule has 2 unspecified atom stereocenters. The Morgan fingerprint density at radius 1 is 1.29 bits per heavy atom. The van der Waals surface area contributed by atoms with Gasteiger partial charge in [0, 0.05) is 32.3 Å². The Morgan fingerprint density at radius 2 is 2.08 bits per heavy atom. The lowest BCUT2D eigenvalue weighted by Crippen LogP contribution is -2.44. The van der Waals surface area contributed by atoms with Crippen molar-refractivity contribution in [3.8, 4) is 0 Å². The van der Waals surface area contributed by atoms with Crippen LogP contribution in [0.1, 0.15) is 41.4 Å². The smallest absolute Gasteiger partial charge is 0.248 e. The highest BCUT2D eigenvalue weighted by molar-refractivity contribution is 9.10. The highest BCUT2D eigenvalue weighted by Gasteiger charge is 2.45. The summed E-state index contributed by atoms with van der Waals surface area (Å²) in [6.45, 7) is 4.55. The van der Waals surface area contributed by atoms with Gasteiger partial charge >= 0.3 is 0 Å². The van der Waals surface area contributed by atoms with Crippen molar-refractivity contribution in [1.82, 2.24) is 0 Å². The third-order valence-corrected chi connectivity index (χ3v) is 7.07. The predicted octanol–water partition coefficient (Wildman–Crippen LogP) is 4.71. The maximum Gasteiger partial charge on any atom is 0.248 e. The molecule has 0 saturated carbocycles. The number of anilines is 1. The second-order valence-electron chi connectivity index (χ2n) is 7.07. The van der Waals surface area contributed by atoms with Crippen molar-refractivity contribution >= 4 is 39.3 Å². The van der Waals surface area contributed by atoms with Crippen LogP contribution >= 0.6 is 27.7 Å². The van der Waals surface area contributed by atoms with Crippen LogP contribution in [0.25, 0.3) is 0 Å². The van der Waals surface area contributed by atoms with Gasteiger partial charge in [0.1, 0.15) is 0 Å². The molecule has 0 spiro atoms. The summed E-state index contributed by atoms with van der Waals surface area (Å²) in [5.41, 5.74) is 9.65. The number of halogens is 1. The Kier molecular flexibility index (Phi) is 3.69. The van der Waals surface area contributed by atoms with Crippen LogP contribution in [0.4, 0.5) is 5.69 Å². The molecule has 4 rings (SSSR count). The van der Waals surface area contributed by atoms with Gasteiger partial charge in [-0.2, -0.15) is 0 Å². The van der Waals surface area contributed by atoms with Crippen molar-refractivity contribution in [2.24, 2.45) is 11.7 Å².